The summed E-state index contributed by atoms with van der Waals surface area (Å²) in [5.41, 5.74) is 0.851. The molecule has 0 atom stereocenters. The third kappa shape index (κ3) is 3.55. The lowest BCUT2D eigenvalue weighted by Gasteiger charge is -2.15. The van der Waals surface area contributed by atoms with E-state index in [2.05, 4.69) is 10.1 Å². The zero-order chi connectivity index (χ0) is 14.4. The van der Waals surface area contributed by atoms with Gasteiger partial charge in [0.1, 0.15) is 5.75 Å². The van der Waals surface area contributed by atoms with E-state index in [1.54, 1.807) is 7.11 Å². The third-order valence-corrected chi connectivity index (χ3v) is 3.02. The Balaban J connectivity index is 2.11. The largest absolute Gasteiger partial charge is 0.497 e. The molecule has 0 radical (unpaired) electrons. The summed E-state index contributed by atoms with van der Waals surface area (Å²) in [7, 11) is 1.62. The van der Waals surface area contributed by atoms with Crippen molar-refractivity contribution in [3.63, 3.8) is 0 Å². The summed E-state index contributed by atoms with van der Waals surface area (Å²) in [6, 6.07) is 7.52. The molecular weight excluding hydrogens is 258 g/mol. The molecule has 0 amide bonds. The number of benzene rings is 1. The lowest BCUT2D eigenvalue weighted by molar-refractivity contribution is 0.180. The van der Waals surface area contributed by atoms with Gasteiger partial charge in [0.15, 0.2) is 0 Å². The topological polar surface area (TPSA) is 71.6 Å². The Morgan fingerprint density at radius 3 is 2.95 bits per heavy atom. The van der Waals surface area contributed by atoms with E-state index >= 15 is 0 Å². The van der Waals surface area contributed by atoms with Gasteiger partial charge < -0.3 is 14.4 Å². The average Bonchev–Trinajstić information content (AvgIpc) is 2.95. The fourth-order valence-corrected chi connectivity index (χ4v) is 1.88. The van der Waals surface area contributed by atoms with Crippen molar-refractivity contribution >= 4 is 0 Å². The Morgan fingerprint density at radius 2 is 2.25 bits per heavy atom. The Labute approximate surface area is 118 Å². The van der Waals surface area contributed by atoms with Crippen molar-refractivity contribution in [1.82, 2.24) is 15.0 Å². The van der Waals surface area contributed by atoms with E-state index in [1.807, 2.05) is 36.1 Å². The molecule has 0 aliphatic rings. The van der Waals surface area contributed by atoms with Gasteiger partial charge >= 0.3 is 0 Å². The van der Waals surface area contributed by atoms with Gasteiger partial charge in [-0.2, -0.15) is 4.98 Å². The zero-order valence-electron chi connectivity index (χ0n) is 11.7. The molecule has 2 rings (SSSR count). The highest BCUT2D eigenvalue weighted by Gasteiger charge is 2.12. The Morgan fingerprint density at radius 1 is 1.40 bits per heavy atom. The smallest absolute Gasteiger partial charge is 0.241 e. The lowest BCUT2D eigenvalue weighted by atomic mass is 10.2. The standard InChI is InChI=1S/C14H19N3O3/c1-3-17(7-8-18)10-13-15-14(16-20-13)11-5-4-6-12(9-11)19-2/h4-6,9,18H,3,7-8,10H2,1-2H3. The number of hydrogen-bond acceptors (Lipinski definition) is 6. The van der Waals surface area contributed by atoms with E-state index in [0.29, 0.717) is 24.8 Å². The number of methoxy groups -OCH3 is 1. The first kappa shape index (κ1) is 14.5. The van der Waals surface area contributed by atoms with Crippen LogP contribution in [-0.2, 0) is 6.54 Å². The summed E-state index contributed by atoms with van der Waals surface area (Å²) in [4.78, 5) is 6.40. The maximum Gasteiger partial charge on any atom is 0.241 e. The number of hydrogen-bond donors (Lipinski definition) is 1. The highest BCUT2D eigenvalue weighted by Crippen LogP contribution is 2.21. The highest BCUT2D eigenvalue weighted by molar-refractivity contribution is 5.56. The second-order valence-corrected chi connectivity index (χ2v) is 4.34. The maximum absolute atomic E-state index is 8.96. The lowest BCUT2D eigenvalue weighted by Crippen LogP contribution is -2.26. The van der Waals surface area contributed by atoms with Crippen LogP contribution < -0.4 is 4.74 Å². The average molecular weight is 277 g/mol. The van der Waals surface area contributed by atoms with Crippen molar-refractivity contribution < 1.29 is 14.4 Å². The van der Waals surface area contributed by atoms with Crippen molar-refractivity contribution in [2.75, 3.05) is 26.8 Å². The molecular formula is C14H19N3O3. The summed E-state index contributed by atoms with van der Waals surface area (Å²) >= 11 is 0. The second-order valence-electron chi connectivity index (χ2n) is 4.34. The van der Waals surface area contributed by atoms with Crippen LogP contribution in [0, 0.1) is 0 Å². The number of aliphatic hydroxyl groups excluding tert-OH is 1. The van der Waals surface area contributed by atoms with Gasteiger partial charge in [-0.15, -0.1) is 0 Å². The Hall–Kier alpha value is -1.92. The van der Waals surface area contributed by atoms with E-state index < -0.39 is 0 Å². The predicted molar refractivity (Wildman–Crippen MR) is 74.3 cm³/mol. The Bertz CT molecular complexity index is 542. The number of nitrogens with zero attached hydrogens (tertiary/aromatic N) is 3. The van der Waals surface area contributed by atoms with Gasteiger partial charge in [0.05, 0.1) is 20.3 Å². The molecule has 0 bridgehead atoms. The van der Waals surface area contributed by atoms with Crippen molar-refractivity contribution in [2.24, 2.45) is 0 Å². The van der Waals surface area contributed by atoms with Crippen LogP contribution in [0.4, 0.5) is 0 Å². The number of likely N-dealkylation sites (N-methyl/N-ethyl adjacent to an activating group) is 1. The van der Waals surface area contributed by atoms with Crippen LogP contribution in [0.2, 0.25) is 0 Å². The maximum atomic E-state index is 8.96. The minimum Gasteiger partial charge on any atom is -0.497 e. The molecule has 0 aliphatic heterocycles. The van der Waals surface area contributed by atoms with Gasteiger partial charge in [-0.25, -0.2) is 0 Å². The van der Waals surface area contributed by atoms with E-state index in [4.69, 9.17) is 14.4 Å². The monoisotopic (exact) mass is 277 g/mol. The summed E-state index contributed by atoms with van der Waals surface area (Å²) in [6.07, 6.45) is 0. The minimum absolute atomic E-state index is 0.116. The first-order chi connectivity index (χ1) is 9.76. The summed E-state index contributed by atoms with van der Waals surface area (Å²) in [6.45, 7) is 4.08. The molecule has 1 heterocycles. The van der Waals surface area contributed by atoms with E-state index in [1.165, 1.54) is 0 Å². The molecule has 0 aliphatic carbocycles. The number of aliphatic hydroxyl groups is 1. The second kappa shape index (κ2) is 7.02. The number of ether oxygens (including phenoxy) is 1. The van der Waals surface area contributed by atoms with Crippen LogP contribution in [-0.4, -0.2) is 47.0 Å². The molecule has 0 saturated heterocycles. The van der Waals surface area contributed by atoms with Crippen molar-refractivity contribution in [2.45, 2.75) is 13.5 Å². The van der Waals surface area contributed by atoms with Gasteiger partial charge in [-0.05, 0) is 18.7 Å². The quantitative estimate of drug-likeness (QED) is 0.828. The molecule has 0 spiro atoms. The normalized spacial score (nSPS) is 11.0. The molecule has 1 aromatic carbocycles. The van der Waals surface area contributed by atoms with Gasteiger partial charge in [0.2, 0.25) is 11.7 Å². The van der Waals surface area contributed by atoms with Crippen molar-refractivity contribution in [3.05, 3.63) is 30.2 Å². The summed E-state index contributed by atoms with van der Waals surface area (Å²) in [5, 5.41) is 12.9. The third-order valence-electron chi connectivity index (χ3n) is 3.02. The Kier molecular flexibility index (Phi) is 5.09. The molecule has 108 valence electrons. The zero-order valence-corrected chi connectivity index (χ0v) is 11.7. The first-order valence-electron chi connectivity index (χ1n) is 6.57. The number of rotatable bonds is 7. The fraction of sp³-hybridized carbons (Fsp3) is 0.429. The van der Waals surface area contributed by atoms with Crippen LogP contribution in [0.3, 0.4) is 0 Å². The molecule has 0 fully saturated rings. The predicted octanol–water partition coefficient (Wildman–Crippen LogP) is 1.56. The van der Waals surface area contributed by atoms with Crippen LogP contribution in [0.1, 0.15) is 12.8 Å². The van der Waals surface area contributed by atoms with E-state index in [9.17, 15) is 0 Å². The SMILES string of the molecule is CCN(CCO)Cc1nc(-c2cccc(OC)c2)no1. The van der Waals surface area contributed by atoms with Gasteiger partial charge in [0, 0.05) is 12.1 Å². The highest BCUT2D eigenvalue weighted by atomic mass is 16.5. The van der Waals surface area contributed by atoms with Gasteiger partial charge in [0.25, 0.3) is 0 Å². The van der Waals surface area contributed by atoms with E-state index in [0.717, 1.165) is 17.9 Å². The van der Waals surface area contributed by atoms with Crippen molar-refractivity contribution in [3.8, 4) is 17.1 Å². The molecule has 6 heteroatoms. The molecule has 20 heavy (non-hydrogen) atoms. The molecule has 1 N–H and O–H groups in total. The molecule has 6 nitrogen and oxygen atoms in total. The number of aromatic nitrogens is 2. The minimum atomic E-state index is 0.116. The van der Waals surface area contributed by atoms with Gasteiger partial charge in [-0.3, -0.25) is 4.90 Å². The van der Waals surface area contributed by atoms with Crippen LogP contribution in [0.15, 0.2) is 28.8 Å². The van der Waals surface area contributed by atoms with Gasteiger partial charge in [-0.1, -0.05) is 24.2 Å². The van der Waals surface area contributed by atoms with Crippen molar-refractivity contribution in [1.29, 1.82) is 0 Å². The van der Waals surface area contributed by atoms with Crippen LogP contribution in [0.25, 0.3) is 11.4 Å². The summed E-state index contributed by atoms with van der Waals surface area (Å²) in [5.74, 6) is 1.83. The molecule has 0 saturated carbocycles. The first-order valence-corrected chi connectivity index (χ1v) is 6.57. The van der Waals surface area contributed by atoms with E-state index in [-0.39, 0.29) is 6.61 Å². The molecule has 0 unspecified atom stereocenters. The van der Waals surface area contributed by atoms with Crippen LogP contribution >= 0.6 is 0 Å². The molecule has 1 aromatic heterocycles. The fourth-order valence-electron chi connectivity index (χ4n) is 1.88. The summed E-state index contributed by atoms with van der Waals surface area (Å²) < 4.78 is 10.4. The van der Waals surface area contributed by atoms with Crippen LogP contribution in [0.5, 0.6) is 5.75 Å². The molecule has 2 aromatic rings.